The van der Waals surface area contributed by atoms with Crippen LogP contribution in [0.3, 0.4) is 0 Å². The lowest BCUT2D eigenvalue weighted by atomic mass is 9.65. The maximum Gasteiger partial charge on any atom is 0.308 e. The summed E-state index contributed by atoms with van der Waals surface area (Å²) in [4.78, 5) is 11.2. The highest BCUT2D eigenvalue weighted by atomic mass is 16.5. The van der Waals surface area contributed by atoms with Crippen molar-refractivity contribution >= 4 is 5.97 Å². The molecule has 1 fully saturated rings. The molecule has 150 valence electrons. The number of rotatable bonds is 6. The van der Waals surface area contributed by atoms with Crippen molar-refractivity contribution in [3.8, 4) is 11.5 Å². The van der Waals surface area contributed by atoms with E-state index in [9.17, 15) is 4.79 Å². The number of carbonyl (C=O) groups excluding carboxylic acids is 1. The lowest BCUT2D eigenvalue weighted by molar-refractivity contribution is -0.131. The fourth-order valence-corrected chi connectivity index (χ4v) is 4.14. The third kappa shape index (κ3) is 4.57. The minimum absolute atomic E-state index is 0.0197. The van der Waals surface area contributed by atoms with Crippen LogP contribution in [0.15, 0.2) is 48.5 Å². The van der Waals surface area contributed by atoms with Gasteiger partial charge in [0.25, 0.3) is 0 Å². The third-order valence-corrected chi connectivity index (χ3v) is 6.03. The smallest absolute Gasteiger partial charge is 0.308 e. The summed E-state index contributed by atoms with van der Waals surface area (Å²) in [6.45, 7) is 7.81. The van der Waals surface area contributed by atoms with Gasteiger partial charge in [0.15, 0.2) is 0 Å². The molecule has 28 heavy (non-hydrogen) atoms. The van der Waals surface area contributed by atoms with E-state index in [1.807, 2.05) is 12.1 Å². The molecule has 2 aromatic rings. The van der Waals surface area contributed by atoms with E-state index >= 15 is 0 Å². The third-order valence-electron chi connectivity index (χ3n) is 6.03. The normalized spacial score (nSPS) is 16.4. The van der Waals surface area contributed by atoms with E-state index in [0.717, 1.165) is 25.0 Å². The van der Waals surface area contributed by atoms with Crippen LogP contribution in [0, 0.1) is 0 Å². The summed E-state index contributed by atoms with van der Waals surface area (Å²) in [5.74, 6) is 1.24. The van der Waals surface area contributed by atoms with Crippen molar-refractivity contribution in [2.75, 3.05) is 0 Å². The fourth-order valence-electron chi connectivity index (χ4n) is 4.14. The topological polar surface area (TPSA) is 35.5 Å². The molecular formula is C25H32O3. The van der Waals surface area contributed by atoms with Crippen LogP contribution in [0.2, 0.25) is 0 Å². The summed E-state index contributed by atoms with van der Waals surface area (Å²) in [7, 11) is 0. The summed E-state index contributed by atoms with van der Waals surface area (Å²) in [5.41, 5.74) is 2.50. The number of ether oxygens (including phenoxy) is 2. The first-order valence-corrected chi connectivity index (χ1v) is 10.4. The lowest BCUT2D eigenvalue weighted by Crippen LogP contribution is -2.30. The Morgan fingerprint density at radius 3 is 1.86 bits per heavy atom. The van der Waals surface area contributed by atoms with E-state index in [0.29, 0.717) is 5.75 Å². The number of esters is 1. The van der Waals surface area contributed by atoms with Crippen LogP contribution in [-0.4, -0.2) is 11.6 Å². The van der Waals surface area contributed by atoms with E-state index in [1.54, 1.807) is 0 Å². The van der Waals surface area contributed by atoms with Crippen LogP contribution in [0.25, 0.3) is 0 Å². The molecule has 0 bridgehead atoms. The second kappa shape index (κ2) is 8.38. The zero-order valence-corrected chi connectivity index (χ0v) is 17.6. The average molecular weight is 381 g/mol. The number of hydrogen-bond acceptors (Lipinski definition) is 3. The highest BCUT2D eigenvalue weighted by Crippen LogP contribution is 2.45. The Bertz CT molecular complexity index is 782. The Morgan fingerprint density at radius 1 is 0.893 bits per heavy atom. The molecule has 0 unspecified atom stereocenters. The van der Waals surface area contributed by atoms with Crippen LogP contribution in [0.5, 0.6) is 11.5 Å². The molecule has 3 nitrogen and oxygen atoms in total. The van der Waals surface area contributed by atoms with Crippen LogP contribution >= 0.6 is 0 Å². The monoisotopic (exact) mass is 380 g/mol. The van der Waals surface area contributed by atoms with Crippen molar-refractivity contribution < 1.29 is 14.3 Å². The van der Waals surface area contributed by atoms with Crippen molar-refractivity contribution in [1.82, 2.24) is 0 Å². The molecule has 0 saturated heterocycles. The molecule has 1 aliphatic carbocycles. The van der Waals surface area contributed by atoms with E-state index in [4.69, 9.17) is 9.47 Å². The van der Waals surface area contributed by atoms with Gasteiger partial charge in [0.2, 0.25) is 0 Å². The minimum atomic E-state index is -0.286. The summed E-state index contributed by atoms with van der Waals surface area (Å²) < 4.78 is 11.3. The highest BCUT2D eigenvalue weighted by Gasteiger charge is 2.35. The molecular weight excluding hydrogens is 348 g/mol. The molecule has 3 heteroatoms. The van der Waals surface area contributed by atoms with Crippen molar-refractivity contribution in [2.24, 2.45) is 0 Å². The average Bonchev–Trinajstić information content (AvgIpc) is 2.69. The summed E-state index contributed by atoms with van der Waals surface area (Å²) in [6, 6.07) is 16.7. The Morgan fingerprint density at radius 2 is 1.39 bits per heavy atom. The summed E-state index contributed by atoms with van der Waals surface area (Å²) >= 11 is 0. The van der Waals surface area contributed by atoms with Gasteiger partial charge in [-0.2, -0.15) is 0 Å². The number of hydrogen-bond donors (Lipinski definition) is 0. The van der Waals surface area contributed by atoms with Gasteiger partial charge < -0.3 is 9.47 Å². The van der Waals surface area contributed by atoms with Crippen molar-refractivity contribution in [3.63, 3.8) is 0 Å². The molecule has 3 rings (SSSR count). The largest absolute Gasteiger partial charge is 0.488 e. The predicted octanol–water partition coefficient (Wildman–Crippen LogP) is 6.43. The van der Waals surface area contributed by atoms with Crippen molar-refractivity contribution in [2.45, 2.75) is 77.2 Å². The van der Waals surface area contributed by atoms with Gasteiger partial charge in [-0.1, -0.05) is 50.5 Å². The fraction of sp³-hybridized carbons (Fsp3) is 0.480. The van der Waals surface area contributed by atoms with E-state index in [-0.39, 0.29) is 17.0 Å². The van der Waals surface area contributed by atoms with Crippen LogP contribution < -0.4 is 9.47 Å². The first kappa shape index (κ1) is 20.4. The van der Waals surface area contributed by atoms with Crippen LogP contribution in [0.1, 0.15) is 77.3 Å². The van der Waals surface area contributed by atoms with Crippen LogP contribution in [0.4, 0.5) is 0 Å². The van der Waals surface area contributed by atoms with Gasteiger partial charge in [-0.25, -0.2) is 0 Å². The number of carbonyl (C=O) groups is 1. The SMILES string of the molecule is CCC(C)(C)Oc1ccc(C2(c3ccc(OC(C)=O)cc3)CCCCC2)cc1. The van der Waals surface area contributed by atoms with Gasteiger partial charge in [0.05, 0.1) is 0 Å². The second-order valence-corrected chi connectivity index (χ2v) is 8.50. The molecule has 0 heterocycles. The van der Waals surface area contributed by atoms with Gasteiger partial charge in [0.1, 0.15) is 17.1 Å². The molecule has 1 aliphatic rings. The molecule has 0 spiro atoms. The molecule has 0 aromatic heterocycles. The standard InChI is InChI=1S/C25H32O3/c1-5-24(3,4)28-23-15-11-21(12-16-23)25(17-7-6-8-18-25)20-9-13-22(14-10-20)27-19(2)26/h9-16H,5-8,17-18H2,1-4H3. The number of benzene rings is 2. The quantitative estimate of drug-likeness (QED) is 0.428. The zero-order chi connectivity index (χ0) is 20.2. The highest BCUT2D eigenvalue weighted by molar-refractivity contribution is 5.69. The first-order valence-electron chi connectivity index (χ1n) is 10.4. The molecule has 2 aromatic carbocycles. The molecule has 0 N–H and O–H groups in total. The van der Waals surface area contributed by atoms with Crippen LogP contribution in [-0.2, 0) is 10.2 Å². The van der Waals surface area contributed by atoms with Gasteiger partial charge >= 0.3 is 5.97 Å². The Balaban J connectivity index is 1.90. The second-order valence-electron chi connectivity index (χ2n) is 8.50. The summed E-state index contributed by atoms with van der Waals surface area (Å²) in [6.07, 6.45) is 6.99. The maximum atomic E-state index is 11.2. The van der Waals surface area contributed by atoms with Gasteiger partial charge in [-0.15, -0.1) is 0 Å². The molecule has 0 radical (unpaired) electrons. The minimum Gasteiger partial charge on any atom is -0.488 e. The van der Waals surface area contributed by atoms with Gasteiger partial charge in [-0.05, 0) is 68.5 Å². The molecule has 0 atom stereocenters. The summed E-state index contributed by atoms with van der Waals surface area (Å²) in [5, 5.41) is 0. The Labute approximate surface area is 169 Å². The maximum absolute atomic E-state index is 11.2. The lowest BCUT2D eigenvalue weighted by Gasteiger charge is -2.39. The Hall–Kier alpha value is -2.29. The van der Waals surface area contributed by atoms with Crippen molar-refractivity contribution in [3.05, 3.63) is 59.7 Å². The first-order chi connectivity index (χ1) is 13.3. The van der Waals surface area contributed by atoms with E-state index in [1.165, 1.54) is 37.3 Å². The van der Waals surface area contributed by atoms with Gasteiger partial charge in [-0.3, -0.25) is 4.79 Å². The molecule has 1 saturated carbocycles. The van der Waals surface area contributed by atoms with E-state index in [2.05, 4.69) is 57.2 Å². The Kier molecular flexibility index (Phi) is 6.12. The molecule has 0 amide bonds. The predicted molar refractivity (Wildman–Crippen MR) is 113 cm³/mol. The molecule has 0 aliphatic heterocycles. The van der Waals surface area contributed by atoms with E-state index < -0.39 is 0 Å². The van der Waals surface area contributed by atoms with Crippen molar-refractivity contribution in [1.29, 1.82) is 0 Å². The van der Waals surface area contributed by atoms with Gasteiger partial charge in [0, 0.05) is 12.3 Å². The zero-order valence-electron chi connectivity index (χ0n) is 17.6.